The Labute approximate surface area is 157 Å². The number of fused-ring (bicyclic) bond motifs is 2. The van der Waals surface area contributed by atoms with Gasteiger partial charge in [-0.2, -0.15) is 0 Å². The molecule has 1 N–H and O–H groups in total. The number of ether oxygens (including phenoxy) is 2. The summed E-state index contributed by atoms with van der Waals surface area (Å²) in [6.45, 7) is 2.69. The number of nitrogens with zero attached hydrogens (tertiary/aromatic N) is 2. The summed E-state index contributed by atoms with van der Waals surface area (Å²) < 4.78 is 12.7. The summed E-state index contributed by atoms with van der Waals surface area (Å²) in [6.07, 6.45) is 2.31. The first-order valence-electron chi connectivity index (χ1n) is 9.24. The van der Waals surface area contributed by atoms with Gasteiger partial charge >= 0.3 is 5.97 Å². The Kier molecular flexibility index (Phi) is 4.65. The number of aromatic nitrogens is 1. The molecule has 2 saturated heterocycles. The summed E-state index contributed by atoms with van der Waals surface area (Å²) in [5, 5.41) is 10.7. The van der Waals surface area contributed by atoms with Gasteiger partial charge in [0.05, 0.1) is 24.2 Å². The highest BCUT2D eigenvalue weighted by Crippen LogP contribution is 2.43. The summed E-state index contributed by atoms with van der Waals surface area (Å²) in [5.74, 6) is -1.10. The molecule has 3 heterocycles. The van der Waals surface area contributed by atoms with Crippen molar-refractivity contribution in [2.75, 3.05) is 40.0 Å². The Morgan fingerprint density at radius 3 is 2.93 bits per heavy atom. The third-order valence-corrected chi connectivity index (χ3v) is 5.98. The van der Waals surface area contributed by atoms with Gasteiger partial charge in [-0.15, -0.1) is 0 Å². The van der Waals surface area contributed by atoms with E-state index in [-0.39, 0.29) is 18.4 Å². The third kappa shape index (κ3) is 2.91. The van der Waals surface area contributed by atoms with Crippen LogP contribution in [0.25, 0.3) is 10.9 Å². The number of carbonyl (C=O) groups is 2. The second kappa shape index (κ2) is 6.98. The van der Waals surface area contributed by atoms with Crippen molar-refractivity contribution < 1.29 is 24.2 Å². The minimum atomic E-state index is -0.887. The first kappa shape index (κ1) is 18.0. The van der Waals surface area contributed by atoms with Crippen molar-refractivity contribution in [2.24, 2.45) is 11.3 Å². The van der Waals surface area contributed by atoms with Crippen molar-refractivity contribution in [3.05, 3.63) is 36.0 Å². The number of carbonyl (C=O) groups excluding carboxylic acids is 1. The van der Waals surface area contributed by atoms with Crippen molar-refractivity contribution in [2.45, 2.75) is 13.0 Å². The highest BCUT2D eigenvalue weighted by molar-refractivity contribution is 6.07. The van der Waals surface area contributed by atoms with Gasteiger partial charge in [0.25, 0.3) is 5.91 Å². The number of hydrogen-bond donors (Lipinski definition) is 1. The quantitative estimate of drug-likeness (QED) is 0.866. The van der Waals surface area contributed by atoms with E-state index in [1.165, 1.54) is 0 Å². The number of rotatable bonds is 5. The molecule has 0 saturated carbocycles. The molecule has 0 aliphatic carbocycles. The molecule has 7 nitrogen and oxygen atoms in total. The molecule has 2 fully saturated rings. The molecule has 0 radical (unpaired) electrons. The maximum atomic E-state index is 13.3. The van der Waals surface area contributed by atoms with Crippen LogP contribution in [0.2, 0.25) is 0 Å². The van der Waals surface area contributed by atoms with E-state index in [2.05, 4.69) is 0 Å². The van der Waals surface area contributed by atoms with Crippen molar-refractivity contribution in [3.63, 3.8) is 0 Å². The zero-order valence-electron chi connectivity index (χ0n) is 15.4. The van der Waals surface area contributed by atoms with Crippen LogP contribution in [0.4, 0.5) is 0 Å². The number of carboxylic acids is 1. The number of methoxy groups -OCH3 is 1. The summed E-state index contributed by atoms with van der Waals surface area (Å²) in [4.78, 5) is 27.0. The summed E-state index contributed by atoms with van der Waals surface area (Å²) >= 11 is 0. The van der Waals surface area contributed by atoms with Crippen LogP contribution in [0, 0.1) is 11.3 Å². The predicted molar refractivity (Wildman–Crippen MR) is 98.7 cm³/mol. The molecular formula is C20H24N2O5. The average Bonchev–Trinajstić information content (AvgIpc) is 3.25. The van der Waals surface area contributed by atoms with Gasteiger partial charge in [-0.05, 0) is 12.5 Å². The topological polar surface area (TPSA) is 81.0 Å². The highest BCUT2D eigenvalue weighted by atomic mass is 16.5. The summed E-state index contributed by atoms with van der Waals surface area (Å²) in [5.41, 5.74) is 0.704. The molecule has 1 aromatic heterocycles. The number of carboxylic acid groups (broad SMARTS) is 1. The third-order valence-electron chi connectivity index (χ3n) is 5.98. The van der Waals surface area contributed by atoms with Gasteiger partial charge in [0.15, 0.2) is 0 Å². The van der Waals surface area contributed by atoms with Crippen molar-refractivity contribution in [1.29, 1.82) is 0 Å². The fourth-order valence-electron chi connectivity index (χ4n) is 4.42. The maximum Gasteiger partial charge on any atom is 0.311 e. The van der Waals surface area contributed by atoms with E-state index < -0.39 is 11.4 Å². The number of benzene rings is 1. The number of aliphatic carboxylic acids is 1. The lowest BCUT2D eigenvalue weighted by Crippen LogP contribution is -2.45. The van der Waals surface area contributed by atoms with Crippen LogP contribution in [0.1, 0.15) is 16.8 Å². The summed E-state index contributed by atoms with van der Waals surface area (Å²) in [6, 6.07) is 7.78. The van der Waals surface area contributed by atoms with Gasteiger partial charge in [0, 0.05) is 56.4 Å². The van der Waals surface area contributed by atoms with Crippen LogP contribution in [-0.2, 0) is 20.8 Å². The number of amides is 1. The Bertz CT molecular complexity index is 876. The van der Waals surface area contributed by atoms with Gasteiger partial charge in [-0.3, -0.25) is 9.59 Å². The fourth-order valence-corrected chi connectivity index (χ4v) is 4.42. The lowest BCUT2D eigenvalue weighted by atomic mass is 9.74. The predicted octanol–water partition coefficient (Wildman–Crippen LogP) is 1.85. The molecule has 27 heavy (non-hydrogen) atoms. The first-order valence-corrected chi connectivity index (χ1v) is 9.24. The zero-order valence-corrected chi connectivity index (χ0v) is 15.4. The SMILES string of the molecule is COCCn1cc(C(=O)N2C[C@H]3COCC[C@@]3(C(=O)O)C2)c2ccccc21. The highest BCUT2D eigenvalue weighted by Gasteiger charge is 2.55. The number of para-hydroxylation sites is 1. The standard InChI is InChI=1S/C20H24N2O5/c1-26-9-7-21-11-16(15-4-2-3-5-17(15)21)18(23)22-10-14-12-27-8-6-20(14,13-22)19(24)25/h2-5,11,14H,6-10,12-13H2,1H3,(H,24,25)/t14-,20+/m0/s1. The van der Waals surface area contributed by atoms with Crippen LogP contribution in [-0.4, -0.2) is 66.5 Å². The Hall–Kier alpha value is -2.38. The molecular weight excluding hydrogens is 348 g/mol. The fraction of sp³-hybridized carbons (Fsp3) is 0.500. The Morgan fingerprint density at radius 2 is 2.19 bits per heavy atom. The molecule has 1 aromatic carbocycles. The lowest BCUT2D eigenvalue weighted by molar-refractivity contribution is -0.157. The lowest BCUT2D eigenvalue weighted by Gasteiger charge is -2.33. The molecule has 7 heteroatoms. The average molecular weight is 372 g/mol. The van der Waals surface area contributed by atoms with Crippen LogP contribution in [0.3, 0.4) is 0 Å². The Morgan fingerprint density at radius 1 is 1.37 bits per heavy atom. The molecule has 0 unspecified atom stereocenters. The van der Waals surface area contributed by atoms with E-state index in [4.69, 9.17) is 9.47 Å². The molecule has 2 atom stereocenters. The molecule has 0 bridgehead atoms. The normalized spacial score (nSPS) is 24.9. The molecule has 144 valence electrons. The van der Waals surface area contributed by atoms with E-state index in [9.17, 15) is 14.7 Å². The molecule has 4 rings (SSSR count). The van der Waals surface area contributed by atoms with Gasteiger partial charge in [-0.1, -0.05) is 18.2 Å². The number of hydrogen-bond acceptors (Lipinski definition) is 4. The molecule has 2 aromatic rings. The van der Waals surface area contributed by atoms with Gasteiger partial charge < -0.3 is 24.0 Å². The molecule has 1 amide bonds. The van der Waals surface area contributed by atoms with E-state index >= 15 is 0 Å². The second-order valence-electron chi connectivity index (χ2n) is 7.41. The van der Waals surface area contributed by atoms with Gasteiger partial charge in [0.1, 0.15) is 0 Å². The molecule has 2 aliphatic heterocycles. The molecule has 0 spiro atoms. The van der Waals surface area contributed by atoms with Crippen molar-refractivity contribution in [3.8, 4) is 0 Å². The van der Waals surface area contributed by atoms with Crippen LogP contribution in [0.15, 0.2) is 30.5 Å². The van der Waals surface area contributed by atoms with Crippen LogP contribution < -0.4 is 0 Å². The van der Waals surface area contributed by atoms with Crippen molar-refractivity contribution >= 4 is 22.8 Å². The zero-order chi connectivity index (χ0) is 19.0. The van der Waals surface area contributed by atoms with E-state index in [1.54, 1.807) is 12.0 Å². The largest absolute Gasteiger partial charge is 0.481 e. The monoisotopic (exact) mass is 372 g/mol. The van der Waals surface area contributed by atoms with E-state index in [0.717, 1.165) is 10.9 Å². The first-order chi connectivity index (χ1) is 13.1. The Balaban J connectivity index is 1.66. The van der Waals surface area contributed by atoms with Crippen LogP contribution >= 0.6 is 0 Å². The van der Waals surface area contributed by atoms with E-state index in [0.29, 0.717) is 44.9 Å². The minimum absolute atomic E-state index is 0.114. The second-order valence-corrected chi connectivity index (χ2v) is 7.41. The number of likely N-dealkylation sites (tertiary alicyclic amines) is 1. The summed E-state index contributed by atoms with van der Waals surface area (Å²) in [7, 11) is 1.65. The van der Waals surface area contributed by atoms with Crippen molar-refractivity contribution in [1.82, 2.24) is 9.47 Å². The van der Waals surface area contributed by atoms with Gasteiger partial charge in [0.2, 0.25) is 0 Å². The van der Waals surface area contributed by atoms with Crippen LogP contribution in [0.5, 0.6) is 0 Å². The van der Waals surface area contributed by atoms with E-state index in [1.807, 2.05) is 35.0 Å². The smallest absolute Gasteiger partial charge is 0.311 e. The van der Waals surface area contributed by atoms with Gasteiger partial charge in [-0.25, -0.2) is 0 Å². The minimum Gasteiger partial charge on any atom is -0.481 e. The molecule has 2 aliphatic rings. The maximum absolute atomic E-state index is 13.3.